The van der Waals surface area contributed by atoms with Crippen molar-refractivity contribution in [1.29, 1.82) is 0 Å². The largest absolute Gasteiger partial charge is 0.489 e. The lowest BCUT2D eigenvalue weighted by atomic mass is 9.93. The van der Waals surface area contributed by atoms with Crippen molar-refractivity contribution in [3.05, 3.63) is 88.6 Å². The second kappa shape index (κ2) is 14.6. The van der Waals surface area contributed by atoms with Crippen molar-refractivity contribution < 1.29 is 45.0 Å². The maximum atomic E-state index is 14.5. The summed E-state index contributed by atoms with van der Waals surface area (Å²) in [7, 11) is -2.14. The van der Waals surface area contributed by atoms with Crippen LogP contribution in [0.2, 0.25) is 0 Å². The Balaban J connectivity index is 1.48. The van der Waals surface area contributed by atoms with Gasteiger partial charge in [-0.2, -0.15) is 18.3 Å². The lowest BCUT2D eigenvalue weighted by Gasteiger charge is -2.23. The monoisotopic (exact) mass is 785 g/mol. The molecule has 4 aromatic rings. The number of amides is 1. The van der Waals surface area contributed by atoms with E-state index in [1.807, 2.05) is 0 Å². The third kappa shape index (κ3) is 9.23. The van der Waals surface area contributed by atoms with Crippen molar-refractivity contribution in [2.24, 2.45) is 29.6 Å². The molecule has 1 aliphatic carbocycles. The van der Waals surface area contributed by atoms with E-state index >= 15 is 0 Å². The highest BCUT2D eigenvalue weighted by molar-refractivity contribution is 7.92. The van der Waals surface area contributed by atoms with Crippen LogP contribution in [0.3, 0.4) is 0 Å². The number of sulfonamides is 1. The molecule has 1 aliphatic heterocycles. The van der Waals surface area contributed by atoms with Gasteiger partial charge in [0.25, 0.3) is 0 Å². The Kier molecular flexibility index (Phi) is 10.4. The third-order valence-corrected chi connectivity index (χ3v) is 9.34. The molecule has 290 valence electrons. The number of fused-ring (bicyclic) bond motifs is 2. The summed E-state index contributed by atoms with van der Waals surface area (Å²) in [5.74, 6) is 1.92. The summed E-state index contributed by atoms with van der Waals surface area (Å²) in [6.07, 6.45) is -3.64. The number of nitrogens with zero attached hydrogens (tertiary/aromatic N) is 4. The molecule has 2 unspecified atom stereocenters. The number of alkyl halides is 3. The molecule has 3 heterocycles. The zero-order valence-corrected chi connectivity index (χ0v) is 30.7. The summed E-state index contributed by atoms with van der Waals surface area (Å²) in [4.78, 5) is 22.7. The summed E-state index contributed by atoms with van der Waals surface area (Å²) in [6, 6.07) is 9.87. The molecule has 1 saturated carbocycles. The minimum absolute atomic E-state index is 0.0324. The van der Waals surface area contributed by atoms with Gasteiger partial charge in [0.1, 0.15) is 29.5 Å². The molecule has 2 aromatic carbocycles. The van der Waals surface area contributed by atoms with Crippen LogP contribution >= 0.6 is 0 Å². The quantitative estimate of drug-likeness (QED) is 0.140. The van der Waals surface area contributed by atoms with Gasteiger partial charge in [-0.25, -0.2) is 22.2 Å². The SMILES string of the molecule is Cn1nc(NS(C)(=O)=O)c2cccc(-c3ccc(C#CC(C)(C)O)nc3[C@H](Cc3cc(F)cc(F)c3)NC(=O)CN=C3C(=C(N)C(F)(F)F)OCC4CC34)c21. The van der Waals surface area contributed by atoms with E-state index in [1.165, 1.54) is 18.5 Å². The van der Waals surface area contributed by atoms with E-state index in [0.29, 0.717) is 34.5 Å². The number of benzene rings is 2. The molecule has 55 heavy (non-hydrogen) atoms. The normalized spacial score (nSPS) is 19.2. The summed E-state index contributed by atoms with van der Waals surface area (Å²) in [5.41, 5.74) is 4.18. The van der Waals surface area contributed by atoms with E-state index in [4.69, 9.17) is 15.5 Å². The second-order valence-corrected chi connectivity index (χ2v) is 15.7. The minimum Gasteiger partial charge on any atom is -0.489 e. The van der Waals surface area contributed by atoms with Gasteiger partial charge in [0.2, 0.25) is 15.9 Å². The Morgan fingerprint density at radius 3 is 2.51 bits per heavy atom. The van der Waals surface area contributed by atoms with Gasteiger partial charge in [0.05, 0.1) is 35.8 Å². The van der Waals surface area contributed by atoms with Crippen molar-refractivity contribution in [1.82, 2.24) is 20.1 Å². The molecule has 2 aromatic heterocycles. The number of aliphatic imine (C=N–C) groups is 1. The van der Waals surface area contributed by atoms with Crippen LogP contribution in [0.25, 0.3) is 22.0 Å². The lowest BCUT2D eigenvalue weighted by molar-refractivity contribution is -0.120. The van der Waals surface area contributed by atoms with Crippen LogP contribution in [0.4, 0.5) is 27.8 Å². The standard InChI is InChI=1S/C37H36F5N7O5S/c1-36(2,51)11-10-23-8-9-24(25-6-5-7-26-32(25)49(3)47-35(26)48-55(4,52)53)30(45-23)28(14-19-12-21(38)16-22(39)13-19)46-29(50)17-44-31-27-15-20(27)18-54-33(31)34(43)37(40,41)42/h5-9,12-13,16,20,27-28,51H,14-15,17-18,43H2,1-4H3,(H,46,50)(H,47,48)/t20?,27?,28-/m0/s1. The fourth-order valence-corrected chi connectivity index (χ4v) is 6.87. The van der Waals surface area contributed by atoms with Crippen molar-refractivity contribution >= 4 is 38.4 Å². The summed E-state index contributed by atoms with van der Waals surface area (Å²) >= 11 is 0. The molecule has 0 radical (unpaired) electrons. The third-order valence-electron chi connectivity index (χ3n) is 8.78. The predicted octanol–water partition coefficient (Wildman–Crippen LogP) is 4.65. The number of aromatic nitrogens is 3. The molecule has 2 aliphatic rings. The highest BCUT2D eigenvalue weighted by Gasteiger charge is 2.50. The molecule has 1 saturated heterocycles. The molecule has 0 bridgehead atoms. The Hall–Kier alpha value is -5.54. The Labute approximate surface area is 312 Å². The van der Waals surface area contributed by atoms with Crippen molar-refractivity contribution in [3.8, 4) is 23.0 Å². The number of rotatable bonds is 9. The van der Waals surface area contributed by atoms with E-state index in [9.17, 15) is 40.3 Å². The Morgan fingerprint density at radius 2 is 1.85 bits per heavy atom. The number of aryl methyl sites for hydroxylation is 1. The van der Waals surface area contributed by atoms with E-state index in [0.717, 1.165) is 18.4 Å². The van der Waals surface area contributed by atoms with Gasteiger partial charge in [0, 0.05) is 41.5 Å². The summed E-state index contributed by atoms with van der Waals surface area (Å²) in [6.45, 7) is 2.31. The number of nitrogens with two attached hydrogens (primary N) is 1. The molecule has 0 spiro atoms. The molecule has 1 amide bonds. The number of halogens is 5. The maximum Gasteiger partial charge on any atom is 0.434 e. The summed E-state index contributed by atoms with van der Waals surface area (Å²) < 4.78 is 103. The number of nitrogens with one attached hydrogen (secondary N) is 2. The van der Waals surface area contributed by atoms with Crippen molar-refractivity contribution in [2.45, 2.75) is 44.5 Å². The van der Waals surface area contributed by atoms with Crippen molar-refractivity contribution in [2.75, 3.05) is 24.1 Å². The molecule has 5 N–H and O–H groups in total. The highest BCUT2D eigenvalue weighted by Crippen LogP contribution is 2.47. The molecule has 12 nitrogen and oxygen atoms in total. The maximum absolute atomic E-state index is 14.5. The van der Waals surface area contributed by atoms with Crippen LogP contribution in [0.15, 0.2) is 65.0 Å². The minimum atomic E-state index is -4.90. The average molecular weight is 786 g/mol. The average Bonchev–Trinajstić information content (AvgIpc) is 3.80. The van der Waals surface area contributed by atoms with Gasteiger partial charge in [-0.15, -0.1) is 0 Å². The smallest absolute Gasteiger partial charge is 0.434 e. The predicted molar refractivity (Wildman–Crippen MR) is 194 cm³/mol. The Bertz CT molecular complexity index is 2410. The fraction of sp³-hybridized carbons (Fsp3) is 0.351. The van der Waals surface area contributed by atoms with Crippen LogP contribution in [-0.4, -0.2) is 71.1 Å². The van der Waals surface area contributed by atoms with Gasteiger partial charge in [-0.3, -0.25) is 19.2 Å². The fourth-order valence-electron chi connectivity index (χ4n) is 6.37. The van der Waals surface area contributed by atoms with Gasteiger partial charge in [0.15, 0.2) is 17.3 Å². The first-order valence-electron chi connectivity index (χ1n) is 16.9. The van der Waals surface area contributed by atoms with Crippen LogP contribution < -0.4 is 15.8 Å². The van der Waals surface area contributed by atoms with E-state index in [1.54, 1.807) is 37.4 Å². The number of anilines is 1. The number of hydrogen-bond donors (Lipinski definition) is 4. The zero-order valence-electron chi connectivity index (χ0n) is 29.9. The van der Waals surface area contributed by atoms with Gasteiger partial charge in [-0.1, -0.05) is 18.1 Å². The topological polar surface area (TPSA) is 174 Å². The van der Waals surface area contributed by atoms with Crippen molar-refractivity contribution in [3.63, 3.8) is 0 Å². The number of carbonyl (C=O) groups is 1. The highest BCUT2D eigenvalue weighted by atomic mass is 32.2. The molecular formula is C37H36F5N7O5S. The molecule has 3 atom stereocenters. The second-order valence-electron chi connectivity index (χ2n) is 13.9. The van der Waals surface area contributed by atoms with Gasteiger partial charge < -0.3 is 20.9 Å². The molecule has 2 fully saturated rings. The number of carbonyl (C=O) groups excluding carboxylic acids is 1. The number of para-hydroxylation sites is 1. The van der Waals surface area contributed by atoms with Crippen LogP contribution in [0.5, 0.6) is 0 Å². The van der Waals surface area contributed by atoms with Gasteiger partial charge >= 0.3 is 6.18 Å². The Morgan fingerprint density at radius 1 is 1.15 bits per heavy atom. The molecule has 6 rings (SSSR count). The van der Waals surface area contributed by atoms with E-state index in [-0.39, 0.29) is 53.3 Å². The van der Waals surface area contributed by atoms with Crippen LogP contribution in [0, 0.1) is 35.3 Å². The number of ether oxygens (including phenoxy) is 1. The first-order valence-corrected chi connectivity index (χ1v) is 18.7. The first kappa shape index (κ1) is 39.2. The molecular weight excluding hydrogens is 750 g/mol. The lowest BCUT2D eigenvalue weighted by Crippen LogP contribution is -2.34. The number of aliphatic hydroxyl groups is 1. The number of allylic oxidation sites excluding steroid dienone is 2. The van der Waals surface area contributed by atoms with E-state index < -0.39 is 63.4 Å². The number of hydrogen-bond acceptors (Lipinski definition) is 9. The summed E-state index contributed by atoms with van der Waals surface area (Å²) in [5, 5.41) is 17.9. The zero-order chi connectivity index (χ0) is 40.0. The molecule has 18 heteroatoms. The van der Waals surface area contributed by atoms with Gasteiger partial charge in [-0.05, 0) is 68.5 Å². The van der Waals surface area contributed by atoms with E-state index in [2.05, 4.69) is 32.0 Å². The van der Waals surface area contributed by atoms with Crippen LogP contribution in [0.1, 0.15) is 43.3 Å². The first-order chi connectivity index (χ1) is 25.7. The number of pyridine rings is 1. The van der Waals surface area contributed by atoms with Crippen LogP contribution in [-0.2, 0) is 33.0 Å².